The molecule has 0 aliphatic rings. The van der Waals surface area contributed by atoms with Gasteiger partial charge in [0, 0.05) is 13.2 Å². The number of aliphatic hydroxyl groups is 2. The zero-order valence-corrected chi connectivity index (χ0v) is 8.05. The summed E-state index contributed by atoms with van der Waals surface area (Å²) >= 11 is 0. The van der Waals surface area contributed by atoms with Crippen molar-refractivity contribution in [1.82, 2.24) is 5.32 Å². The van der Waals surface area contributed by atoms with E-state index in [0.717, 1.165) is 0 Å². The number of hydrogen-bond acceptors (Lipinski definition) is 3. The van der Waals surface area contributed by atoms with Crippen LogP contribution in [-0.2, 0) is 4.79 Å². The van der Waals surface area contributed by atoms with Gasteiger partial charge in [-0.1, -0.05) is 0 Å². The molecule has 0 bridgehead atoms. The zero-order chi connectivity index (χ0) is 11.9. The first-order valence-corrected chi connectivity index (χ1v) is 4.52. The Bertz CT molecular complexity index is 196. The molecule has 1 atom stereocenters. The van der Waals surface area contributed by atoms with Gasteiger partial charge in [-0.25, -0.2) is 0 Å². The molecule has 0 aliphatic carbocycles. The summed E-state index contributed by atoms with van der Waals surface area (Å²) in [5.74, 6) is -1.97. The molecule has 1 unspecified atom stereocenters. The molecule has 0 rings (SSSR count). The minimum atomic E-state index is -4.86. The lowest BCUT2D eigenvalue weighted by Crippen LogP contribution is -2.37. The number of aliphatic hydroxyl groups excluding tert-OH is 2. The predicted octanol–water partition coefficient (Wildman–Crippen LogP) is 0.188. The van der Waals surface area contributed by atoms with E-state index >= 15 is 0 Å². The number of nitrogens with one attached hydrogen (secondary N) is 1. The molecule has 3 N–H and O–H groups in total. The van der Waals surface area contributed by atoms with E-state index in [2.05, 4.69) is 0 Å². The SMILES string of the molecule is O=C(NCCCC(O)CCO)C(F)(F)F. The van der Waals surface area contributed by atoms with E-state index in [1.165, 1.54) is 0 Å². The van der Waals surface area contributed by atoms with Crippen molar-refractivity contribution in [2.75, 3.05) is 13.2 Å². The van der Waals surface area contributed by atoms with Gasteiger partial charge in [0.05, 0.1) is 6.10 Å². The van der Waals surface area contributed by atoms with E-state index in [-0.39, 0.29) is 32.4 Å². The first-order chi connectivity index (χ1) is 6.88. The highest BCUT2D eigenvalue weighted by Crippen LogP contribution is 2.13. The number of amides is 1. The Labute approximate surface area is 85.1 Å². The third-order valence-corrected chi connectivity index (χ3v) is 1.72. The van der Waals surface area contributed by atoms with Crippen molar-refractivity contribution in [1.29, 1.82) is 0 Å². The summed E-state index contributed by atoms with van der Waals surface area (Å²) in [6.45, 7) is -0.309. The maximum Gasteiger partial charge on any atom is 0.471 e. The molecule has 0 saturated carbocycles. The van der Waals surface area contributed by atoms with Gasteiger partial charge in [0.1, 0.15) is 0 Å². The van der Waals surface area contributed by atoms with Crippen LogP contribution in [0.3, 0.4) is 0 Å². The van der Waals surface area contributed by atoms with E-state index in [1.54, 1.807) is 5.32 Å². The number of halogens is 3. The second-order valence-corrected chi connectivity index (χ2v) is 3.06. The van der Waals surface area contributed by atoms with Gasteiger partial charge < -0.3 is 15.5 Å². The Hall–Kier alpha value is -0.820. The van der Waals surface area contributed by atoms with Gasteiger partial charge in [-0.05, 0) is 19.3 Å². The van der Waals surface area contributed by atoms with Crippen LogP contribution in [-0.4, -0.2) is 41.6 Å². The molecule has 0 saturated heterocycles. The number of carbonyl (C=O) groups excluding carboxylic acids is 1. The molecule has 4 nitrogen and oxygen atoms in total. The molecule has 0 radical (unpaired) electrons. The third kappa shape index (κ3) is 7.15. The van der Waals surface area contributed by atoms with Crippen molar-refractivity contribution in [2.45, 2.75) is 31.5 Å². The van der Waals surface area contributed by atoms with E-state index < -0.39 is 18.2 Å². The van der Waals surface area contributed by atoms with Gasteiger partial charge >= 0.3 is 12.1 Å². The molecule has 0 aromatic carbocycles. The lowest BCUT2D eigenvalue weighted by molar-refractivity contribution is -0.173. The molecule has 0 aliphatic heterocycles. The minimum absolute atomic E-state index is 0.138. The first-order valence-electron chi connectivity index (χ1n) is 4.52. The molecule has 1 amide bonds. The van der Waals surface area contributed by atoms with E-state index in [1.807, 2.05) is 0 Å². The maximum atomic E-state index is 11.7. The van der Waals surface area contributed by atoms with Gasteiger partial charge in [-0.2, -0.15) is 13.2 Å². The molecule has 90 valence electrons. The summed E-state index contributed by atoms with van der Waals surface area (Å²) in [6, 6.07) is 0. The highest BCUT2D eigenvalue weighted by atomic mass is 19.4. The minimum Gasteiger partial charge on any atom is -0.396 e. The van der Waals surface area contributed by atoms with Gasteiger partial charge in [0.2, 0.25) is 0 Å². The van der Waals surface area contributed by atoms with Crippen molar-refractivity contribution in [3.05, 3.63) is 0 Å². The molecule has 7 heteroatoms. The Morgan fingerprint density at radius 3 is 2.40 bits per heavy atom. The topological polar surface area (TPSA) is 69.6 Å². The number of rotatable bonds is 6. The lowest BCUT2D eigenvalue weighted by Gasteiger charge is -2.10. The molecular formula is C8H14F3NO3. The fraction of sp³-hybridized carbons (Fsp3) is 0.875. The highest BCUT2D eigenvalue weighted by molar-refractivity contribution is 5.81. The Balaban J connectivity index is 3.51. The van der Waals surface area contributed by atoms with Crippen LogP contribution < -0.4 is 5.32 Å². The smallest absolute Gasteiger partial charge is 0.396 e. The van der Waals surface area contributed by atoms with Gasteiger partial charge in [-0.3, -0.25) is 4.79 Å². The molecule has 0 aromatic rings. The highest BCUT2D eigenvalue weighted by Gasteiger charge is 2.38. The van der Waals surface area contributed by atoms with Gasteiger partial charge in [-0.15, -0.1) is 0 Å². The van der Waals surface area contributed by atoms with Crippen LogP contribution in [0.4, 0.5) is 13.2 Å². The molecule has 0 fully saturated rings. The number of hydrogen-bond donors (Lipinski definition) is 3. The van der Waals surface area contributed by atoms with Crippen LogP contribution in [0.25, 0.3) is 0 Å². The third-order valence-electron chi connectivity index (χ3n) is 1.72. The summed E-state index contributed by atoms with van der Waals surface area (Å²) in [5.41, 5.74) is 0. The molecule has 0 spiro atoms. The van der Waals surface area contributed by atoms with Gasteiger partial charge in [0.25, 0.3) is 0 Å². The number of alkyl halides is 3. The van der Waals surface area contributed by atoms with Crippen molar-refractivity contribution in [3.8, 4) is 0 Å². The van der Waals surface area contributed by atoms with Crippen LogP contribution in [0.15, 0.2) is 0 Å². The first kappa shape index (κ1) is 14.2. The van der Waals surface area contributed by atoms with Crippen LogP contribution in [0, 0.1) is 0 Å². The summed E-state index contributed by atoms with van der Waals surface area (Å²) < 4.78 is 35.0. The summed E-state index contributed by atoms with van der Waals surface area (Å²) in [6.07, 6.45) is -4.92. The standard InChI is InChI=1S/C8H14F3NO3/c9-8(10,11)7(15)12-4-1-2-6(14)3-5-13/h6,13-14H,1-5H2,(H,12,15). The van der Waals surface area contributed by atoms with E-state index in [9.17, 15) is 18.0 Å². The van der Waals surface area contributed by atoms with E-state index in [0.29, 0.717) is 0 Å². The normalized spacial score (nSPS) is 13.7. The molecule has 15 heavy (non-hydrogen) atoms. The maximum absolute atomic E-state index is 11.7. The average molecular weight is 229 g/mol. The molecule has 0 heterocycles. The van der Waals surface area contributed by atoms with Gasteiger partial charge in [0.15, 0.2) is 0 Å². The molecule has 0 aromatic heterocycles. The second-order valence-electron chi connectivity index (χ2n) is 3.06. The van der Waals surface area contributed by atoms with Crippen LogP contribution in [0.5, 0.6) is 0 Å². The number of carbonyl (C=O) groups is 1. The Kier molecular flexibility index (Phi) is 6.26. The summed E-state index contributed by atoms with van der Waals surface area (Å²) in [7, 11) is 0. The van der Waals surface area contributed by atoms with Crippen LogP contribution >= 0.6 is 0 Å². The quantitative estimate of drug-likeness (QED) is 0.569. The van der Waals surface area contributed by atoms with Crippen LogP contribution in [0.1, 0.15) is 19.3 Å². The van der Waals surface area contributed by atoms with Crippen molar-refractivity contribution in [3.63, 3.8) is 0 Å². The largest absolute Gasteiger partial charge is 0.471 e. The summed E-state index contributed by atoms with van der Waals surface area (Å²) in [5, 5.41) is 19.2. The monoisotopic (exact) mass is 229 g/mol. The molecular weight excluding hydrogens is 215 g/mol. The van der Waals surface area contributed by atoms with Crippen molar-refractivity contribution in [2.24, 2.45) is 0 Å². The zero-order valence-electron chi connectivity index (χ0n) is 8.05. The van der Waals surface area contributed by atoms with Crippen LogP contribution in [0.2, 0.25) is 0 Å². The van der Waals surface area contributed by atoms with Crippen molar-refractivity contribution < 1.29 is 28.2 Å². The Morgan fingerprint density at radius 2 is 1.93 bits per heavy atom. The second kappa shape index (κ2) is 6.62. The average Bonchev–Trinajstić information content (AvgIpc) is 2.11. The van der Waals surface area contributed by atoms with Crippen molar-refractivity contribution >= 4 is 5.91 Å². The van der Waals surface area contributed by atoms with E-state index in [4.69, 9.17) is 10.2 Å². The summed E-state index contributed by atoms with van der Waals surface area (Å²) in [4.78, 5) is 10.3. The predicted molar refractivity (Wildman–Crippen MR) is 46.0 cm³/mol. The fourth-order valence-electron chi connectivity index (χ4n) is 0.933. The lowest BCUT2D eigenvalue weighted by atomic mass is 10.1. The fourth-order valence-corrected chi connectivity index (χ4v) is 0.933. The Morgan fingerprint density at radius 1 is 1.33 bits per heavy atom.